The summed E-state index contributed by atoms with van der Waals surface area (Å²) in [5.41, 5.74) is 14.9. The molecule has 1 aliphatic rings. The van der Waals surface area contributed by atoms with Gasteiger partial charge >= 0.3 is 7.12 Å². The largest absolute Gasteiger partial charge is 0.496 e. The lowest BCUT2D eigenvalue weighted by Crippen LogP contribution is -2.41. The number of halogens is 1. The van der Waals surface area contributed by atoms with Crippen LogP contribution < -0.4 is 5.46 Å². The van der Waals surface area contributed by atoms with Crippen LogP contribution >= 0.6 is 34.3 Å². The molecule has 0 N–H and O–H groups in total. The molecule has 0 amide bonds. The van der Waals surface area contributed by atoms with Crippen LogP contribution in [-0.4, -0.2) is 77.3 Å². The van der Waals surface area contributed by atoms with E-state index in [1.54, 1.807) is 22.7 Å². The van der Waals surface area contributed by atoms with Gasteiger partial charge in [-0.2, -0.15) is 9.97 Å². The number of rotatable bonds is 10. The van der Waals surface area contributed by atoms with Gasteiger partial charge in [0.05, 0.1) is 65.1 Å². The first-order valence-electron chi connectivity index (χ1n) is 36.2. The Labute approximate surface area is 645 Å². The summed E-state index contributed by atoms with van der Waals surface area (Å²) >= 11 is 9.39. The van der Waals surface area contributed by atoms with Crippen LogP contribution in [0.25, 0.3) is 176 Å². The van der Waals surface area contributed by atoms with E-state index in [0.717, 1.165) is 118 Å². The lowest BCUT2D eigenvalue weighted by Gasteiger charge is -2.32. The molecular weight excluding hydrogens is 1420 g/mol. The number of aromatic nitrogens is 12. The van der Waals surface area contributed by atoms with Crippen molar-refractivity contribution in [1.29, 1.82) is 0 Å². The molecule has 0 saturated carbocycles. The fourth-order valence-electron chi connectivity index (χ4n) is 14.4. The van der Waals surface area contributed by atoms with Crippen molar-refractivity contribution in [3.63, 3.8) is 0 Å². The first-order chi connectivity index (χ1) is 53.9. The lowest BCUT2D eigenvalue weighted by molar-refractivity contribution is 0.00578. The predicted octanol–water partition coefficient (Wildman–Crippen LogP) is 22.6. The highest BCUT2D eigenvalue weighted by molar-refractivity contribution is 7.27. The zero-order valence-electron chi connectivity index (χ0n) is 60.0. The van der Waals surface area contributed by atoms with Crippen molar-refractivity contribution in [1.82, 2.24) is 59.0 Å². The maximum atomic E-state index is 6.49. The van der Waals surface area contributed by atoms with Gasteiger partial charge in [0.2, 0.25) is 17.2 Å². The Morgan fingerprint density at radius 2 is 0.582 bits per heavy atom. The van der Waals surface area contributed by atoms with E-state index in [4.69, 9.17) is 55.8 Å². The van der Waals surface area contributed by atoms with Crippen molar-refractivity contribution in [2.75, 3.05) is 0 Å². The SMILES string of the molecule is CC1(C)OB(c2cccc3c2sc2c(-c4ccccc4)nc(-n4c5ccccc5c5ccccc54)nc23)OC1(C)C.Clc1nc(-c2ccccc2)nc(-c2ccccc2)n1.c1ccc(-c2nc(-c3ccccc3)nc(-c3cccc4c3sc3c(-c5ccccc5)nc(-n5c6ccccc6c6ccccc65)nc34)n2)cc1. The average molecular weight is 1480 g/mol. The average Bonchev–Trinajstić information content (AvgIpc) is 1.57. The predicted molar refractivity (Wildman–Crippen MR) is 451 cm³/mol. The molecule has 8 aromatic heterocycles. The topological polar surface area (TPSA) is 157 Å². The van der Waals surface area contributed by atoms with E-state index in [1.165, 1.54) is 21.5 Å². The summed E-state index contributed by atoms with van der Waals surface area (Å²) in [6.07, 6.45) is 0. The highest BCUT2D eigenvalue weighted by Gasteiger charge is 2.52. The number of hydrogen-bond acceptors (Lipinski definition) is 14. The fourth-order valence-corrected chi connectivity index (χ4v) is 17.1. The highest BCUT2D eigenvalue weighted by Crippen LogP contribution is 2.46. The summed E-state index contributed by atoms with van der Waals surface area (Å²) in [7, 11) is -0.457. The summed E-state index contributed by atoms with van der Waals surface area (Å²) in [6, 6.07) is 107. The quantitative estimate of drug-likeness (QED) is 0.120. The standard InChI is InChI=1S/C43H26N6S.C34H28BN3O2S.C15H10ClN3/c1-4-15-27(16-5-1)36-39-37(45-43(44-36)49-34-25-12-10-21-30(34)31-22-11-13-26-35(31)49)32-23-14-24-33(38(32)50-39)42-47-40(28-17-6-2-7-18-28)46-41(48-42)29-19-8-3-9-20-29;1-33(2)34(3,4)40-35(39-33)25-18-12-17-24-29-31(41-30(24)25)28(21-13-6-5-7-14-21)36-32(37-29)38-26-19-10-8-15-22(26)23-16-9-11-20-27(23)38;16-15-18-13(11-7-3-1-4-8-11)17-14(19-15)12-9-5-2-6-10-12/h1-26H;5-20H,1-4H3;1-10H. The van der Waals surface area contributed by atoms with E-state index >= 15 is 0 Å². The molecule has 0 bridgehead atoms. The minimum atomic E-state index is -0.457. The Balaban J connectivity index is 0.000000122. The van der Waals surface area contributed by atoms with Gasteiger partial charge in [0.25, 0.3) is 0 Å². The third-order valence-corrected chi connectivity index (χ3v) is 23.1. The first kappa shape index (κ1) is 67.7. The van der Waals surface area contributed by atoms with E-state index in [0.29, 0.717) is 41.0 Å². The van der Waals surface area contributed by atoms with Crippen LogP contribution in [0.4, 0.5) is 0 Å². The molecule has 0 radical (unpaired) electrons. The van der Waals surface area contributed by atoms with Crippen molar-refractivity contribution in [3.05, 3.63) is 321 Å². The molecule has 12 aromatic carbocycles. The molecule has 18 heteroatoms. The molecule has 21 rings (SSSR count). The van der Waals surface area contributed by atoms with Crippen LogP contribution in [-0.2, 0) is 9.31 Å². The third-order valence-electron chi connectivity index (χ3n) is 20.5. The molecule has 20 aromatic rings. The van der Waals surface area contributed by atoms with Gasteiger partial charge in [-0.15, -0.1) is 22.7 Å². The van der Waals surface area contributed by atoms with Gasteiger partial charge in [-0.25, -0.2) is 39.9 Å². The van der Waals surface area contributed by atoms with Gasteiger partial charge < -0.3 is 9.31 Å². The maximum absolute atomic E-state index is 6.49. The second kappa shape index (κ2) is 28.0. The van der Waals surface area contributed by atoms with Crippen LogP contribution in [0.2, 0.25) is 5.28 Å². The smallest absolute Gasteiger partial charge is 0.399 e. The van der Waals surface area contributed by atoms with Crippen molar-refractivity contribution < 1.29 is 9.31 Å². The summed E-state index contributed by atoms with van der Waals surface area (Å²) < 4.78 is 21.6. The van der Waals surface area contributed by atoms with E-state index in [2.05, 4.69) is 234 Å². The molecule has 110 heavy (non-hydrogen) atoms. The van der Waals surface area contributed by atoms with E-state index < -0.39 is 18.3 Å². The second-order valence-electron chi connectivity index (χ2n) is 27.8. The molecule has 0 aliphatic carbocycles. The maximum Gasteiger partial charge on any atom is 0.496 e. The summed E-state index contributed by atoms with van der Waals surface area (Å²) in [4.78, 5) is 49.2. The van der Waals surface area contributed by atoms with Gasteiger partial charge in [0, 0.05) is 86.1 Å². The highest BCUT2D eigenvalue weighted by atomic mass is 35.5. The van der Waals surface area contributed by atoms with Gasteiger partial charge in [-0.05, 0) is 69.6 Å². The Morgan fingerprint density at radius 3 is 0.964 bits per heavy atom. The van der Waals surface area contributed by atoms with Gasteiger partial charge in [-0.1, -0.05) is 285 Å². The number of para-hydroxylation sites is 4. The van der Waals surface area contributed by atoms with Crippen LogP contribution in [0.1, 0.15) is 27.7 Å². The molecule has 526 valence electrons. The number of fused-ring (bicyclic) bond motifs is 12. The first-order valence-corrected chi connectivity index (χ1v) is 38.3. The van der Waals surface area contributed by atoms with Crippen molar-refractivity contribution in [3.8, 4) is 91.4 Å². The van der Waals surface area contributed by atoms with E-state index in [-0.39, 0.29) is 5.28 Å². The van der Waals surface area contributed by atoms with Crippen molar-refractivity contribution in [2.24, 2.45) is 0 Å². The Kier molecular flexibility index (Phi) is 17.3. The van der Waals surface area contributed by atoms with Crippen LogP contribution in [0.3, 0.4) is 0 Å². The summed E-state index contributed by atoms with van der Waals surface area (Å²) in [6.45, 7) is 8.37. The molecule has 1 saturated heterocycles. The zero-order chi connectivity index (χ0) is 74.0. The van der Waals surface area contributed by atoms with Crippen molar-refractivity contribution in [2.45, 2.75) is 38.9 Å². The molecule has 0 unspecified atom stereocenters. The molecule has 1 fully saturated rings. The monoisotopic (exact) mass is 1480 g/mol. The third kappa shape index (κ3) is 12.3. The minimum Gasteiger partial charge on any atom is -0.399 e. The number of benzene rings is 12. The van der Waals surface area contributed by atoms with Gasteiger partial charge in [0.1, 0.15) is 0 Å². The van der Waals surface area contributed by atoms with Gasteiger partial charge in [-0.3, -0.25) is 9.13 Å². The second-order valence-corrected chi connectivity index (χ2v) is 30.2. The van der Waals surface area contributed by atoms with E-state index in [1.807, 2.05) is 133 Å². The molecule has 14 nitrogen and oxygen atoms in total. The van der Waals surface area contributed by atoms with Crippen LogP contribution in [0, 0.1) is 0 Å². The fraction of sp³-hybridized carbons (Fsp3) is 0.0652. The molecule has 0 atom stereocenters. The number of nitrogens with zero attached hydrogens (tertiary/aromatic N) is 12. The van der Waals surface area contributed by atoms with Crippen molar-refractivity contribution >= 4 is 131 Å². The minimum absolute atomic E-state index is 0.202. The Morgan fingerprint density at radius 1 is 0.282 bits per heavy atom. The molecule has 1 aliphatic heterocycles. The van der Waals surface area contributed by atoms with E-state index in [9.17, 15) is 0 Å². The van der Waals surface area contributed by atoms with Crippen LogP contribution in [0.5, 0.6) is 0 Å². The lowest BCUT2D eigenvalue weighted by atomic mass is 9.78. The number of hydrogen-bond donors (Lipinski definition) is 0. The molecular formula is C92H64BClN12O2S2. The Bertz CT molecular complexity index is 6650. The normalized spacial score (nSPS) is 13.2. The van der Waals surface area contributed by atoms with Gasteiger partial charge in [0.15, 0.2) is 29.1 Å². The molecule has 9 heterocycles. The van der Waals surface area contributed by atoms with Crippen LogP contribution in [0.15, 0.2) is 315 Å². The molecule has 0 spiro atoms. The Hall–Kier alpha value is -12.9. The zero-order valence-corrected chi connectivity index (χ0v) is 62.4. The summed E-state index contributed by atoms with van der Waals surface area (Å²) in [5.74, 6) is 4.34. The number of thiophene rings is 2. The summed E-state index contributed by atoms with van der Waals surface area (Å²) in [5, 5.41) is 7.03.